The van der Waals surface area contributed by atoms with Crippen molar-refractivity contribution < 1.29 is 33.0 Å². The number of hydrogen-bond acceptors (Lipinski definition) is 7. The highest BCUT2D eigenvalue weighted by Crippen LogP contribution is 2.47. The van der Waals surface area contributed by atoms with Crippen LogP contribution in [0.1, 0.15) is 28.9 Å². The summed E-state index contributed by atoms with van der Waals surface area (Å²) in [5, 5.41) is 11.4. The fourth-order valence-corrected chi connectivity index (χ4v) is 4.49. The minimum atomic E-state index is -1.02. The molecule has 33 heavy (non-hydrogen) atoms. The van der Waals surface area contributed by atoms with E-state index in [4.69, 9.17) is 41.5 Å². The first kappa shape index (κ1) is 22.8. The molecule has 0 bridgehead atoms. The Morgan fingerprint density at radius 1 is 1.15 bits per heavy atom. The molecule has 1 amide bonds. The topological polar surface area (TPSA) is 102 Å². The first-order valence-corrected chi connectivity index (χ1v) is 10.5. The zero-order valence-electron chi connectivity index (χ0n) is 17.8. The molecule has 1 unspecified atom stereocenters. The minimum absolute atomic E-state index is 0.00394. The van der Waals surface area contributed by atoms with Crippen LogP contribution < -0.4 is 9.47 Å². The van der Waals surface area contributed by atoms with Crippen LogP contribution in [0.5, 0.6) is 11.5 Å². The molecule has 0 spiro atoms. The molecule has 4 rings (SSSR count). The summed E-state index contributed by atoms with van der Waals surface area (Å²) in [5.74, 6) is -0.743. The molecule has 1 atom stereocenters. The number of methoxy groups -OCH3 is 2. The van der Waals surface area contributed by atoms with Crippen LogP contribution in [0.15, 0.2) is 51.0 Å². The Labute approximate surface area is 198 Å². The smallest absolute Gasteiger partial charge is 0.296 e. The lowest BCUT2D eigenvalue weighted by atomic mass is 9.98. The van der Waals surface area contributed by atoms with Crippen molar-refractivity contribution in [2.24, 2.45) is 0 Å². The summed E-state index contributed by atoms with van der Waals surface area (Å²) in [6.45, 7) is 1.72. The fourth-order valence-electron chi connectivity index (χ4n) is 3.80. The van der Waals surface area contributed by atoms with Crippen molar-refractivity contribution in [3.8, 4) is 11.5 Å². The molecule has 3 heterocycles. The number of halogens is 2. The van der Waals surface area contributed by atoms with E-state index in [1.165, 1.54) is 31.4 Å². The van der Waals surface area contributed by atoms with Gasteiger partial charge in [0.1, 0.15) is 34.1 Å². The average molecular weight is 492 g/mol. The molecule has 1 aromatic carbocycles. The summed E-state index contributed by atoms with van der Waals surface area (Å²) in [6.07, 6.45) is 1.46. The first-order valence-electron chi connectivity index (χ1n) is 9.75. The summed E-state index contributed by atoms with van der Waals surface area (Å²) in [5.41, 5.74) is -0.172. The van der Waals surface area contributed by atoms with E-state index in [9.17, 15) is 14.7 Å². The van der Waals surface area contributed by atoms with Crippen LogP contribution in [0.25, 0.3) is 5.76 Å². The van der Waals surface area contributed by atoms with Gasteiger partial charge in [0, 0.05) is 0 Å². The number of aryl methyl sites for hydroxylation is 1. The van der Waals surface area contributed by atoms with Crippen LogP contribution in [0.3, 0.4) is 0 Å². The number of nitrogens with zero attached hydrogens (tertiary/aromatic N) is 1. The molecule has 1 fully saturated rings. The maximum atomic E-state index is 13.1. The quantitative estimate of drug-likeness (QED) is 0.289. The van der Waals surface area contributed by atoms with Gasteiger partial charge in [-0.3, -0.25) is 9.59 Å². The third-order valence-electron chi connectivity index (χ3n) is 5.27. The molecule has 10 heteroatoms. The van der Waals surface area contributed by atoms with E-state index in [-0.39, 0.29) is 39.2 Å². The van der Waals surface area contributed by atoms with E-state index in [1.807, 2.05) is 0 Å². The van der Waals surface area contributed by atoms with Crippen LogP contribution in [0.4, 0.5) is 0 Å². The molecular weight excluding hydrogens is 473 g/mol. The van der Waals surface area contributed by atoms with E-state index in [0.717, 1.165) is 0 Å². The van der Waals surface area contributed by atoms with Gasteiger partial charge in [-0.05, 0) is 37.3 Å². The molecule has 0 saturated carbocycles. The predicted octanol–water partition coefficient (Wildman–Crippen LogP) is 5.13. The third-order valence-corrected chi connectivity index (χ3v) is 5.90. The maximum absolute atomic E-state index is 13.1. The second kappa shape index (κ2) is 8.88. The van der Waals surface area contributed by atoms with E-state index in [2.05, 4.69) is 0 Å². The number of amides is 1. The minimum Gasteiger partial charge on any atom is -0.507 e. The normalized spacial score (nSPS) is 17.6. The Balaban J connectivity index is 1.94. The molecular formula is C23H19Cl2NO7. The van der Waals surface area contributed by atoms with Gasteiger partial charge in [0.05, 0.1) is 43.2 Å². The Bertz CT molecular complexity index is 1260. The number of Topliss-reactive ketones (excluding diaryl/α,β-unsaturated/α-hetero) is 1. The molecule has 1 aliphatic heterocycles. The van der Waals surface area contributed by atoms with Crippen molar-refractivity contribution >= 4 is 40.7 Å². The molecule has 0 aliphatic carbocycles. The van der Waals surface area contributed by atoms with Gasteiger partial charge in [-0.25, -0.2) is 0 Å². The standard InChI is InChI=1S/C23H19Cl2NO7/c1-11-6-7-15(33-11)18-16(20(28)23(29)26(18)10-12-5-4-8-32-12)19(27)13-9-14(24)22(31-3)17(25)21(13)30-2/h4-9,18,27H,10H2,1-3H3/b19-16+. The Morgan fingerprint density at radius 2 is 1.88 bits per heavy atom. The Morgan fingerprint density at radius 3 is 2.45 bits per heavy atom. The van der Waals surface area contributed by atoms with Gasteiger partial charge < -0.3 is 28.3 Å². The number of aliphatic hydroxyl groups is 1. The highest BCUT2D eigenvalue weighted by Gasteiger charge is 2.48. The molecule has 0 radical (unpaired) electrons. The van der Waals surface area contributed by atoms with Crippen LogP contribution in [-0.2, 0) is 16.1 Å². The number of carbonyl (C=O) groups excluding carboxylic acids is 2. The number of rotatable bonds is 6. The summed E-state index contributed by atoms with van der Waals surface area (Å²) < 4.78 is 21.7. The number of carbonyl (C=O) groups is 2. The number of ketones is 1. The second-order valence-corrected chi connectivity index (χ2v) is 8.03. The van der Waals surface area contributed by atoms with Crippen LogP contribution in [0.2, 0.25) is 10.0 Å². The molecule has 8 nitrogen and oxygen atoms in total. The monoisotopic (exact) mass is 491 g/mol. The second-order valence-electron chi connectivity index (χ2n) is 7.24. The fraction of sp³-hybridized carbons (Fsp3) is 0.217. The van der Waals surface area contributed by atoms with Gasteiger partial charge in [0.25, 0.3) is 11.7 Å². The van der Waals surface area contributed by atoms with Crippen LogP contribution in [0, 0.1) is 6.92 Å². The number of hydrogen-bond donors (Lipinski definition) is 1. The van der Waals surface area contributed by atoms with Gasteiger partial charge in [-0.15, -0.1) is 0 Å². The maximum Gasteiger partial charge on any atom is 0.296 e. The zero-order valence-corrected chi connectivity index (χ0v) is 19.4. The molecule has 2 aromatic heterocycles. The number of likely N-dealkylation sites (tertiary alicyclic amines) is 1. The van der Waals surface area contributed by atoms with Gasteiger partial charge >= 0.3 is 0 Å². The van der Waals surface area contributed by atoms with Crippen molar-refractivity contribution in [2.45, 2.75) is 19.5 Å². The average Bonchev–Trinajstić information content (AvgIpc) is 3.50. The zero-order chi connectivity index (χ0) is 23.9. The lowest BCUT2D eigenvalue weighted by molar-refractivity contribution is -0.140. The van der Waals surface area contributed by atoms with Crippen LogP contribution in [-0.4, -0.2) is 35.9 Å². The summed E-state index contributed by atoms with van der Waals surface area (Å²) in [4.78, 5) is 27.4. The van der Waals surface area contributed by atoms with Gasteiger partial charge in [-0.1, -0.05) is 23.2 Å². The molecule has 3 aromatic rings. The summed E-state index contributed by atoms with van der Waals surface area (Å²) >= 11 is 12.6. The van der Waals surface area contributed by atoms with Gasteiger partial charge in [-0.2, -0.15) is 0 Å². The number of aliphatic hydroxyl groups excluding tert-OH is 1. The number of ether oxygens (including phenoxy) is 2. The molecule has 1 aliphatic rings. The largest absolute Gasteiger partial charge is 0.507 e. The van der Waals surface area contributed by atoms with Gasteiger partial charge in [0.15, 0.2) is 11.5 Å². The number of furan rings is 2. The summed E-state index contributed by atoms with van der Waals surface area (Å²) in [6, 6.07) is 7.02. The molecule has 1 saturated heterocycles. The van der Waals surface area contributed by atoms with Crippen molar-refractivity contribution in [1.82, 2.24) is 4.90 Å². The van der Waals surface area contributed by atoms with Crippen molar-refractivity contribution in [2.75, 3.05) is 14.2 Å². The third kappa shape index (κ3) is 3.85. The summed E-state index contributed by atoms with van der Waals surface area (Å²) in [7, 11) is 2.72. The van der Waals surface area contributed by atoms with E-state index in [0.29, 0.717) is 17.3 Å². The van der Waals surface area contributed by atoms with Crippen LogP contribution >= 0.6 is 23.2 Å². The van der Waals surface area contributed by atoms with Gasteiger partial charge in [0.2, 0.25) is 0 Å². The van der Waals surface area contributed by atoms with Crippen molar-refractivity contribution in [3.63, 3.8) is 0 Å². The first-order chi connectivity index (χ1) is 15.8. The Hall–Kier alpha value is -3.36. The highest BCUT2D eigenvalue weighted by molar-refractivity contribution is 6.46. The van der Waals surface area contributed by atoms with E-state index < -0.39 is 23.5 Å². The lowest BCUT2D eigenvalue weighted by Crippen LogP contribution is -2.28. The lowest BCUT2D eigenvalue weighted by Gasteiger charge is -2.22. The van der Waals surface area contributed by atoms with Crippen molar-refractivity contribution in [1.29, 1.82) is 0 Å². The van der Waals surface area contributed by atoms with Crippen molar-refractivity contribution in [3.05, 3.63) is 75.1 Å². The molecule has 172 valence electrons. The Kier molecular flexibility index (Phi) is 6.14. The van der Waals surface area contributed by atoms with E-state index in [1.54, 1.807) is 31.2 Å². The highest BCUT2D eigenvalue weighted by atomic mass is 35.5. The molecule has 1 N–H and O–H groups in total. The van der Waals surface area contributed by atoms with E-state index >= 15 is 0 Å². The predicted molar refractivity (Wildman–Crippen MR) is 120 cm³/mol. The SMILES string of the molecule is COc1c(Cl)cc(/C(O)=C2\C(=O)C(=O)N(Cc3ccco3)C2c2ccc(C)o2)c(OC)c1Cl. The number of benzene rings is 1.